The lowest BCUT2D eigenvalue weighted by Crippen LogP contribution is -2.20. The summed E-state index contributed by atoms with van der Waals surface area (Å²) < 4.78 is 5.88. The number of nitrogens with zero attached hydrogens (tertiary/aromatic N) is 2. The molecule has 1 atom stereocenters. The smallest absolute Gasteiger partial charge is 0.217 e. The summed E-state index contributed by atoms with van der Waals surface area (Å²) in [7, 11) is 0. The minimum atomic E-state index is 0.231. The highest BCUT2D eigenvalue weighted by molar-refractivity contribution is 7.08. The van der Waals surface area contributed by atoms with E-state index in [-0.39, 0.29) is 6.10 Å². The molecule has 0 radical (unpaired) electrons. The maximum absolute atomic E-state index is 5.88. The van der Waals surface area contributed by atoms with Crippen LogP contribution in [0.1, 0.15) is 12.2 Å². The molecule has 0 aromatic carbocycles. The van der Waals surface area contributed by atoms with Crippen molar-refractivity contribution >= 4 is 11.3 Å². The lowest BCUT2D eigenvalue weighted by molar-refractivity contribution is 0.213. The van der Waals surface area contributed by atoms with Crippen LogP contribution >= 0.6 is 11.3 Å². The van der Waals surface area contributed by atoms with Crippen LogP contribution in [0.4, 0.5) is 0 Å². The molecule has 18 heavy (non-hydrogen) atoms. The zero-order chi connectivity index (χ0) is 12.4. The van der Waals surface area contributed by atoms with E-state index >= 15 is 0 Å². The molecule has 4 nitrogen and oxygen atoms in total. The molecule has 1 saturated heterocycles. The second kappa shape index (κ2) is 5.04. The van der Waals surface area contributed by atoms with Crippen LogP contribution in [0.25, 0.3) is 11.3 Å². The molecule has 1 aliphatic rings. The normalized spacial score (nSPS) is 19.1. The zero-order valence-electron chi connectivity index (χ0n) is 10.2. The van der Waals surface area contributed by atoms with E-state index in [4.69, 9.17) is 4.74 Å². The van der Waals surface area contributed by atoms with Gasteiger partial charge >= 0.3 is 0 Å². The van der Waals surface area contributed by atoms with Crippen LogP contribution in [0.3, 0.4) is 0 Å². The molecular weight excluding hydrogens is 246 g/mol. The summed E-state index contributed by atoms with van der Waals surface area (Å²) in [5.41, 5.74) is 2.06. The molecule has 1 N–H and O–H groups in total. The number of ether oxygens (including phenoxy) is 1. The number of hydrogen-bond donors (Lipinski definition) is 1. The van der Waals surface area contributed by atoms with Gasteiger partial charge in [-0.3, -0.25) is 0 Å². The topological polar surface area (TPSA) is 47.0 Å². The Morgan fingerprint density at radius 1 is 1.44 bits per heavy atom. The average molecular weight is 261 g/mol. The first-order valence-corrected chi connectivity index (χ1v) is 7.01. The molecule has 1 unspecified atom stereocenters. The van der Waals surface area contributed by atoms with Crippen LogP contribution in [-0.4, -0.2) is 29.2 Å². The van der Waals surface area contributed by atoms with Crippen molar-refractivity contribution in [3.63, 3.8) is 0 Å². The number of aromatic nitrogens is 2. The third-order valence-electron chi connectivity index (χ3n) is 2.93. The van der Waals surface area contributed by atoms with E-state index in [1.54, 1.807) is 11.3 Å². The lowest BCUT2D eigenvalue weighted by atomic mass is 10.2. The summed E-state index contributed by atoms with van der Waals surface area (Å²) in [4.78, 5) is 8.80. The predicted octanol–water partition coefficient (Wildman–Crippen LogP) is 2.25. The second-order valence-corrected chi connectivity index (χ2v) is 5.16. The summed E-state index contributed by atoms with van der Waals surface area (Å²) >= 11 is 1.67. The van der Waals surface area contributed by atoms with Crippen molar-refractivity contribution in [2.24, 2.45) is 0 Å². The molecule has 0 aliphatic carbocycles. The fraction of sp³-hybridized carbons (Fsp3) is 0.385. The third-order valence-corrected chi connectivity index (χ3v) is 3.62. The first-order chi connectivity index (χ1) is 8.81. The van der Waals surface area contributed by atoms with Gasteiger partial charge in [-0.15, -0.1) is 0 Å². The fourth-order valence-electron chi connectivity index (χ4n) is 2.06. The number of hydrogen-bond acceptors (Lipinski definition) is 5. The molecule has 1 fully saturated rings. The van der Waals surface area contributed by atoms with Gasteiger partial charge in [0.1, 0.15) is 11.9 Å². The fourth-order valence-corrected chi connectivity index (χ4v) is 2.71. The summed E-state index contributed by atoms with van der Waals surface area (Å²) in [5.74, 6) is 1.43. The predicted molar refractivity (Wildman–Crippen MR) is 72.0 cm³/mol. The van der Waals surface area contributed by atoms with Crippen molar-refractivity contribution in [2.45, 2.75) is 19.4 Å². The Hall–Kier alpha value is -1.46. The molecule has 0 amide bonds. The highest BCUT2D eigenvalue weighted by Gasteiger charge is 2.17. The largest absolute Gasteiger partial charge is 0.473 e. The first kappa shape index (κ1) is 11.6. The average Bonchev–Trinajstić information content (AvgIpc) is 3.00. The molecule has 94 valence electrons. The number of aryl methyl sites for hydroxylation is 1. The van der Waals surface area contributed by atoms with E-state index < -0.39 is 0 Å². The van der Waals surface area contributed by atoms with Gasteiger partial charge in [-0.1, -0.05) is 0 Å². The van der Waals surface area contributed by atoms with Crippen LogP contribution in [0.2, 0.25) is 0 Å². The van der Waals surface area contributed by atoms with Gasteiger partial charge in [-0.25, -0.2) is 4.98 Å². The van der Waals surface area contributed by atoms with Crippen molar-refractivity contribution < 1.29 is 4.74 Å². The molecule has 0 bridgehead atoms. The van der Waals surface area contributed by atoms with E-state index in [2.05, 4.69) is 26.7 Å². The van der Waals surface area contributed by atoms with Crippen LogP contribution in [-0.2, 0) is 0 Å². The molecule has 0 spiro atoms. The minimum absolute atomic E-state index is 0.231. The Labute approximate surface area is 110 Å². The van der Waals surface area contributed by atoms with Gasteiger partial charge in [0.15, 0.2) is 0 Å². The molecule has 1 aliphatic heterocycles. The van der Waals surface area contributed by atoms with Crippen LogP contribution in [0.5, 0.6) is 5.88 Å². The van der Waals surface area contributed by atoms with Gasteiger partial charge in [-0.05, 0) is 31.3 Å². The van der Waals surface area contributed by atoms with Gasteiger partial charge in [-0.2, -0.15) is 16.3 Å². The van der Waals surface area contributed by atoms with E-state index in [9.17, 15) is 0 Å². The Kier molecular flexibility index (Phi) is 3.25. The van der Waals surface area contributed by atoms with Crippen molar-refractivity contribution in [3.05, 3.63) is 28.7 Å². The van der Waals surface area contributed by atoms with Crippen molar-refractivity contribution in [1.29, 1.82) is 0 Å². The van der Waals surface area contributed by atoms with Crippen LogP contribution in [0.15, 0.2) is 22.9 Å². The van der Waals surface area contributed by atoms with Crippen molar-refractivity contribution in [3.8, 4) is 17.1 Å². The Morgan fingerprint density at radius 2 is 2.39 bits per heavy atom. The highest BCUT2D eigenvalue weighted by Crippen LogP contribution is 2.24. The monoisotopic (exact) mass is 261 g/mol. The minimum Gasteiger partial charge on any atom is -0.473 e. The van der Waals surface area contributed by atoms with Crippen LogP contribution in [0, 0.1) is 6.92 Å². The van der Waals surface area contributed by atoms with E-state index in [0.717, 1.165) is 36.6 Å². The SMILES string of the molecule is Cc1nc(OC2CCNC2)cc(-c2ccsc2)n1. The van der Waals surface area contributed by atoms with Crippen LogP contribution < -0.4 is 10.1 Å². The Morgan fingerprint density at radius 3 is 3.11 bits per heavy atom. The van der Waals surface area contributed by atoms with Gasteiger partial charge in [0.2, 0.25) is 5.88 Å². The van der Waals surface area contributed by atoms with Gasteiger partial charge in [0, 0.05) is 23.6 Å². The van der Waals surface area contributed by atoms with Gasteiger partial charge in [0.25, 0.3) is 0 Å². The summed E-state index contributed by atoms with van der Waals surface area (Å²) in [6.07, 6.45) is 1.27. The summed E-state index contributed by atoms with van der Waals surface area (Å²) in [5, 5.41) is 7.42. The first-order valence-electron chi connectivity index (χ1n) is 6.07. The lowest BCUT2D eigenvalue weighted by Gasteiger charge is -2.12. The van der Waals surface area contributed by atoms with Gasteiger partial charge in [0.05, 0.1) is 5.69 Å². The summed E-state index contributed by atoms with van der Waals surface area (Å²) in [6.45, 7) is 3.82. The number of thiophene rings is 1. The van der Waals surface area contributed by atoms with Crippen molar-refractivity contribution in [1.82, 2.24) is 15.3 Å². The van der Waals surface area contributed by atoms with E-state index in [1.165, 1.54) is 0 Å². The van der Waals surface area contributed by atoms with E-state index in [0.29, 0.717) is 5.88 Å². The number of rotatable bonds is 3. The third kappa shape index (κ3) is 2.52. The molecule has 2 aromatic rings. The van der Waals surface area contributed by atoms with Gasteiger partial charge < -0.3 is 10.1 Å². The highest BCUT2D eigenvalue weighted by atomic mass is 32.1. The Balaban J connectivity index is 1.86. The maximum atomic E-state index is 5.88. The molecule has 5 heteroatoms. The van der Waals surface area contributed by atoms with E-state index in [1.807, 2.05) is 18.4 Å². The molecule has 0 saturated carbocycles. The zero-order valence-corrected chi connectivity index (χ0v) is 11.0. The summed E-state index contributed by atoms with van der Waals surface area (Å²) in [6, 6.07) is 3.99. The number of nitrogens with one attached hydrogen (secondary N) is 1. The quantitative estimate of drug-likeness (QED) is 0.920. The standard InChI is InChI=1S/C13H15N3OS/c1-9-15-12(10-3-5-18-8-10)6-13(16-9)17-11-2-4-14-7-11/h3,5-6,8,11,14H,2,4,7H2,1H3. The molecular formula is C13H15N3OS. The van der Waals surface area contributed by atoms with Crippen molar-refractivity contribution in [2.75, 3.05) is 13.1 Å². The Bertz CT molecular complexity index is 521. The molecule has 3 heterocycles. The second-order valence-electron chi connectivity index (χ2n) is 4.38. The maximum Gasteiger partial charge on any atom is 0.217 e. The molecule has 3 rings (SSSR count). The molecule has 2 aromatic heterocycles.